The van der Waals surface area contributed by atoms with Crippen LogP contribution >= 0.6 is 15.6 Å². The van der Waals surface area contributed by atoms with Crippen LogP contribution in [-0.2, 0) is 65.4 Å². The number of hydrogen-bond donors (Lipinski definition) is 3. The monoisotopic (exact) mass is 1270 g/mol. The van der Waals surface area contributed by atoms with Crippen molar-refractivity contribution in [2.45, 2.75) is 349 Å². The molecule has 0 rings (SSSR count). The molecule has 0 heterocycles. The first-order valence-corrected chi connectivity index (χ1v) is 37.9. The molecule has 0 aromatic carbocycles. The minimum atomic E-state index is -4.95. The van der Waals surface area contributed by atoms with E-state index >= 15 is 0 Å². The molecule has 17 nitrogen and oxygen atoms in total. The van der Waals surface area contributed by atoms with Crippen LogP contribution in [0.4, 0.5) is 0 Å². The molecule has 0 spiro atoms. The maximum Gasteiger partial charge on any atom is 0.472 e. The Morgan fingerprint density at radius 3 is 0.884 bits per heavy atom. The van der Waals surface area contributed by atoms with Crippen molar-refractivity contribution in [2.24, 2.45) is 17.8 Å². The Kier molecular flexibility index (Phi) is 56.9. The second-order valence-corrected chi connectivity index (χ2v) is 28.1. The fourth-order valence-electron chi connectivity index (χ4n) is 9.95. The van der Waals surface area contributed by atoms with Gasteiger partial charge < -0.3 is 33.8 Å². The summed E-state index contributed by atoms with van der Waals surface area (Å²) in [5, 5.41) is 10.6. The van der Waals surface area contributed by atoms with Crippen LogP contribution in [-0.4, -0.2) is 96.7 Å². The van der Waals surface area contributed by atoms with E-state index in [-0.39, 0.29) is 25.7 Å². The summed E-state index contributed by atoms with van der Waals surface area (Å²) in [6.07, 6.45) is 40.3. The Labute approximate surface area is 524 Å². The summed E-state index contributed by atoms with van der Waals surface area (Å²) in [5.74, 6) is 0.0828. The van der Waals surface area contributed by atoms with Crippen LogP contribution in [0.25, 0.3) is 0 Å². The van der Waals surface area contributed by atoms with Crippen LogP contribution in [0.15, 0.2) is 0 Å². The van der Waals surface area contributed by atoms with E-state index in [1.54, 1.807) is 0 Å². The van der Waals surface area contributed by atoms with Crippen LogP contribution in [0.5, 0.6) is 0 Å². The van der Waals surface area contributed by atoms with E-state index in [9.17, 15) is 43.2 Å². The van der Waals surface area contributed by atoms with Gasteiger partial charge in [-0.2, -0.15) is 0 Å². The molecule has 0 aliphatic carbocycles. The van der Waals surface area contributed by atoms with Crippen molar-refractivity contribution in [1.82, 2.24) is 0 Å². The number of aliphatic hydroxyl groups excluding tert-OH is 1. The lowest BCUT2D eigenvalue weighted by Crippen LogP contribution is -2.30. The van der Waals surface area contributed by atoms with Crippen LogP contribution in [0.2, 0.25) is 0 Å². The van der Waals surface area contributed by atoms with Gasteiger partial charge in [-0.05, 0) is 43.4 Å². The largest absolute Gasteiger partial charge is 0.472 e. The molecule has 0 radical (unpaired) electrons. The molecular formula is C67H130O17P2. The van der Waals surface area contributed by atoms with Gasteiger partial charge >= 0.3 is 39.5 Å². The number of phosphoric acid groups is 2. The number of ether oxygens (including phenoxy) is 4. The number of unbranched alkanes of at least 4 members (excludes halogenated alkanes) is 31. The molecule has 0 amide bonds. The molecule has 510 valence electrons. The quantitative estimate of drug-likeness (QED) is 0.0222. The third-order valence-electron chi connectivity index (χ3n) is 16.1. The first kappa shape index (κ1) is 84.1. The zero-order valence-corrected chi connectivity index (χ0v) is 57.6. The lowest BCUT2D eigenvalue weighted by Gasteiger charge is -2.21. The molecule has 0 aromatic heterocycles. The van der Waals surface area contributed by atoms with Gasteiger partial charge in [0.2, 0.25) is 0 Å². The maximum atomic E-state index is 13.0. The lowest BCUT2D eigenvalue weighted by atomic mass is 10.00. The van der Waals surface area contributed by atoms with Crippen LogP contribution in [0.3, 0.4) is 0 Å². The van der Waals surface area contributed by atoms with Crippen molar-refractivity contribution in [3.05, 3.63) is 0 Å². The van der Waals surface area contributed by atoms with Crippen molar-refractivity contribution in [2.75, 3.05) is 39.6 Å². The average Bonchev–Trinajstić information content (AvgIpc) is 3.66. The zero-order chi connectivity index (χ0) is 63.8. The maximum absolute atomic E-state index is 13.0. The van der Waals surface area contributed by atoms with Crippen molar-refractivity contribution in [1.29, 1.82) is 0 Å². The van der Waals surface area contributed by atoms with E-state index in [4.69, 9.17) is 37.0 Å². The van der Waals surface area contributed by atoms with Crippen molar-refractivity contribution in [3.8, 4) is 0 Å². The highest BCUT2D eigenvalue weighted by molar-refractivity contribution is 7.47. The molecule has 0 saturated carbocycles. The summed E-state index contributed by atoms with van der Waals surface area (Å²) in [7, 11) is -9.89. The summed E-state index contributed by atoms with van der Waals surface area (Å²) in [6, 6.07) is 0. The number of carbonyl (C=O) groups is 4. The normalized spacial score (nSPS) is 14.9. The second kappa shape index (κ2) is 58.2. The SMILES string of the molecule is CCCCCCCCCCCCCCC(=O)OC[C@H](COP(=O)(O)OC[C@@H](O)COP(=O)(O)OC[C@@H](COC(=O)CCCCCCCCC(C)CC)OC(=O)CCCCCCCCC(C)CC)OC(=O)CCCCCCCCCCCCCC(C)C. The molecule has 0 fully saturated rings. The van der Waals surface area contributed by atoms with E-state index < -0.39 is 97.5 Å². The Balaban J connectivity index is 5.26. The predicted molar refractivity (Wildman–Crippen MR) is 344 cm³/mol. The van der Waals surface area contributed by atoms with E-state index in [0.29, 0.717) is 25.7 Å². The van der Waals surface area contributed by atoms with Crippen LogP contribution < -0.4 is 0 Å². The van der Waals surface area contributed by atoms with E-state index in [0.717, 1.165) is 114 Å². The van der Waals surface area contributed by atoms with Gasteiger partial charge in [0.25, 0.3) is 0 Å². The molecule has 86 heavy (non-hydrogen) atoms. The molecule has 0 aliphatic rings. The van der Waals surface area contributed by atoms with Crippen molar-refractivity contribution < 1.29 is 80.2 Å². The standard InChI is InChI=1S/C67H130O17P2/c1-8-11-12-13-14-15-16-19-22-25-34-41-48-64(69)77-54-62(83-66(71)50-43-36-26-23-20-17-18-21-24-31-38-45-58(4)5)56-81-85(73,74)79-52-61(68)53-80-86(75,76)82-57-63(84-67(72)51-44-37-30-28-33-40-47-60(7)10-3)55-78-65(70)49-42-35-29-27-32-39-46-59(6)9-2/h58-63,68H,8-57H2,1-7H3,(H,73,74)(H,75,76)/t59?,60?,61-,62-,63-/m1/s1. The molecule has 0 saturated heterocycles. The van der Waals surface area contributed by atoms with Crippen LogP contribution in [0, 0.1) is 17.8 Å². The van der Waals surface area contributed by atoms with Gasteiger partial charge in [-0.15, -0.1) is 0 Å². The summed E-state index contributed by atoms with van der Waals surface area (Å²) < 4.78 is 68.1. The number of phosphoric ester groups is 2. The first-order valence-electron chi connectivity index (χ1n) is 34.9. The predicted octanol–water partition coefficient (Wildman–Crippen LogP) is 18.7. The first-order chi connectivity index (χ1) is 41.3. The Hall–Kier alpha value is -1.94. The molecule has 4 unspecified atom stereocenters. The van der Waals surface area contributed by atoms with Gasteiger partial charge in [0.1, 0.15) is 19.3 Å². The van der Waals surface area contributed by atoms with Gasteiger partial charge in [-0.25, -0.2) is 9.13 Å². The average molecular weight is 1270 g/mol. The second-order valence-electron chi connectivity index (χ2n) is 25.2. The molecular weight excluding hydrogens is 1140 g/mol. The minimum Gasteiger partial charge on any atom is -0.462 e. The number of rotatable bonds is 65. The summed E-state index contributed by atoms with van der Waals surface area (Å²) >= 11 is 0. The molecule has 0 aromatic rings. The summed E-state index contributed by atoms with van der Waals surface area (Å²) in [4.78, 5) is 72.4. The van der Waals surface area contributed by atoms with Gasteiger partial charge in [-0.3, -0.25) is 37.3 Å². The number of hydrogen-bond acceptors (Lipinski definition) is 15. The lowest BCUT2D eigenvalue weighted by molar-refractivity contribution is -0.161. The number of carbonyl (C=O) groups excluding carboxylic acids is 4. The molecule has 7 atom stereocenters. The Morgan fingerprint density at radius 1 is 0.337 bits per heavy atom. The Bertz CT molecular complexity index is 1700. The van der Waals surface area contributed by atoms with Crippen molar-refractivity contribution >= 4 is 39.5 Å². The van der Waals surface area contributed by atoms with Gasteiger partial charge in [0, 0.05) is 25.7 Å². The number of esters is 4. The highest BCUT2D eigenvalue weighted by Gasteiger charge is 2.30. The van der Waals surface area contributed by atoms with E-state index in [2.05, 4.69) is 48.5 Å². The summed E-state index contributed by atoms with van der Waals surface area (Å²) in [6.45, 7) is 11.7. The van der Waals surface area contributed by atoms with Crippen LogP contribution in [0.1, 0.15) is 331 Å². The fraction of sp³-hybridized carbons (Fsp3) is 0.940. The minimum absolute atomic E-state index is 0.102. The highest BCUT2D eigenvalue weighted by Crippen LogP contribution is 2.45. The molecule has 19 heteroatoms. The third kappa shape index (κ3) is 58.4. The molecule has 3 N–H and O–H groups in total. The van der Waals surface area contributed by atoms with Gasteiger partial charge in [-0.1, -0.05) is 280 Å². The zero-order valence-electron chi connectivity index (χ0n) is 55.8. The van der Waals surface area contributed by atoms with E-state index in [1.807, 2.05) is 0 Å². The summed E-state index contributed by atoms with van der Waals surface area (Å²) in [5.41, 5.74) is 0. The van der Waals surface area contributed by atoms with Gasteiger partial charge in [0.05, 0.1) is 26.4 Å². The highest BCUT2D eigenvalue weighted by atomic mass is 31.2. The van der Waals surface area contributed by atoms with Crippen molar-refractivity contribution in [3.63, 3.8) is 0 Å². The van der Waals surface area contributed by atoms with Gasteiger partial charge in [0.15, 0.2) is 12.2 Å². The fourth-order valence-corrected chi connectivity index (χ4v) is 11.5. The van der Waals surface area contributed by atoms with E-state index in [1.165, 1.54) is 135 Å². The molecule has 0 bridgehead atoms. The smallest absolute Gasteiger partial charge is 0.462 e. The molecule has 0 aliphatic heterocycles. The topological polar surface area (TPSA) is 237 Å². The third-order valence-corrected chi connectivity index (χ3v) is 18.0. The number of aliphatic hydroxyl groups is 1. The Morgan fingerprint density at radius 2 is 0.593 bits per heavy atom.